The predicted octanol–water partition coefficient (Wildman–Crippen LogP) is 3.39. The lowest BCUT2D eigenvalue weighted by atomic mass is 9.83. The van der Waals surface area contributed by atoms with Crippen molar-refractivity contribution in [1.82, 2.24) is 25.1 Å². The highest BCUT2D eigenvalue weighted by molar-refractivity contribution is 8.32. The summed E-state index contributed by atoms with van der Waals surface area (Å²) in [4.78, 5) is 13.2. The zero-order valence-corrected chi connectivity index (χ0v) is 20.6. The zero-order valence-electron chi connectivity index (χ0n) is 19.7. The number of esters is 1. The Morgan fingerprint density at radius 3 is 2.38 bits per heavy atom. The molecule has 1 atom stereocenters. The topological polar surface area (TPSA) is 105 Å². The van der Waals surface area contributed by atoms with Gasteiger partial charge >= 0.3 is 5.97 Å². The maximum Gasteiger partial charge on any atom is 0.317 e. The lowest BCUT2D eigenvalue weighted by molar-refractivity contribution is -0.147. The summed E-state index contributed by atoms with van der Waals surface area (Å²) < 4.78 is 18.4. The Hall–Kier alpha value is -1.94. The van der Waals surface area contributed by atoms with E-state index < -0.39 is 15.9 Å². The summed E-state index contributed by atoms with van der Waals surface area (Å²) in [5.41, 5.74) is 1.14. The Balaban J connectivity index is 1.69. The summed E-state index contributed by atoms with van der Waals surface area (Å²) in [6.07, 6.45) is 11.4. The molecule has 178 valence electrons. The fourth-order valence-corrected chi connectivity index (χ4v) is 4.92. The average molecular weight is 466 g/mol. The summed E-state index contributed by atoms with van der Waals surface area (Å²) >= 11 is 0. The number of carbonyl (C=O) groups excluding carboxylic acids is 1. The van der Waals surface area contributed by atoms with Gasteiger partial charge in [0.1, 0.15) is 24.2 Å². The van der Waals surface area contributed by atoms with Gasteiger partial charge in [-0.05, 0) is 81.2 Å². The van der Waals surface area contributed by atoms with E-state index >= 15 is 0 Å². The van der Waals surface area contributed by atoms with E-state index in [9.17, 15) is 4.79 Å². The number of nitrogens with zero attached hydrogens (tertiary/aromatic N) is 5. The van der Waals surface area contributed by atoms with Crippen LogP contribution in [0.25, 0.3) is 11.5 Å². The van der Waals surface area contributed by atoms with Crippen LogP contribution in [-0.4, -0.2) is 68.8 Å². The number of ether oxygens (including phenoxy) is 2. The van der Waals surface area contributed by atoms with Gasteiger partial charge in [-0.3, -0.25) is 9.36 Å². The smallest absolute Gasteiger partial charge is 0.317 e. The second-order valence-electron chi connectivity index (χ2n) is 9.82. The normalized spacial score (nSPS) is 18.2. The van der Waals surface area contributed by atoms with Crippen LogP contribution in [0.3, 0.4) is 0 Å². The molecular weight excluding hydrogens is 430 g/mol. The predicted molar refractivity (Wildman–Crippen MR) is 123 cm³/mol. The third-order valence-electron chi connectivity index (χ3n) is 6.24. The molecule has 0 radical (unpaired) electrons. The second kappa shape index (κ2) is 9.51. The van der Waals surface area contributed by atoms with Gasteiger partial charge in [0.2, 0.25) is 0 Å². The Bertz CT molecular complexity index is 917. The molecule has 1 unspecified atom stereocenters. The van der Waals surface area contributed by atoms with E-state index in [0.717, 1.165) is 31.4 Å². The van der Waals surface area contributed by atoms with Crippen molar-refractivity contribution in [3.8, 4) is 11.5 Å². The van der Waals surface area contributed by atoms with Gasteiger partial charge in [-0.2, -0.15) is 0 Å². The van der Waals surface area contributed by atoms with Crippen LogP contribution in [0.15, 0.2) is 4.63 Å². The van der Waals surface area contributed by atoms with Crippen molar-refractivity contribution in [2.75, 3.05) is 37.7 Å². The lowest BCUT2D eigenvalue weighted by Gasteiger charge is -2.26. The number of aryl methyl sites for hydroxylation is 1. The first kappa shape index (κ1) is 23.2. The molecule has 0 saturated heterocycles. The number of hydrogen-bond acceptors (Lipinski definition) is 8. The minimum atomic E-state index is -0.669. The molecule has 0 amide bonds. The maximum absolute atomic E-state index is 13.2. The van der Waals surface area contributed by atoms with Gasteiger partial charge < -0.3 is 9.47 Å². The van der Waals surface area contributed by atoms with E-state index in [4.69, 9.17) is 14.1 Å². The highest BCUT2D eigenvalue weighted by Gasteiger charge is 2.50. The van der Waals surface area contributed by atoms with Crippen LogP contribution >= 0.6 is 10.0 Å². The van der Waals surface area contributed by atoms with Crippen LogP contribution in [0.4, 0.5) is 0 Å². The average Bonchev–Trinajstić information content (AvgIpc) is 3.65. The highest BCUT2D eigenvalue weighted by Crippen LogP contribution is 2.55. The Morgan fingerprint density at radius 1 is 1.16 bits per heavy atom. The number of hydrogen-bond donors (Lipinski definition) is 0. The third-order valence-corrected chi connectivity index (χ3v) is 7.63. The standard InChI is InChI=1S/C22H35N5O4S/c1-6-30-22(28)18(17(15-7-8-15)16-9-10-16)20-23-24-21(19-14(2)25-31-26-19)27(20)13-29-11-12-32(3,4)5/h15-18H,6-13H2,1-5H3. The van der Waals surface area contributed by atoms with Crippen LogP contribution in [0.5, 0.6) is 0 Å². The van der Waals surface area contributed by atoms with Crippen molar-refractivity contribution in [3.05, 3.63) is 11.5 Å². The van der Waals surface area contributed by atoms with Gasteiger partial charge in [0.15, 0.2) is 11.5 Å². The van der Waals surface area contributed by atoms with Crippen molar-refractivity contribution in [3.63, 3.8) is 0 Å². The van der Waals surface area contributed by atoms with Crippen LogP contribution < -0.4 is 0 Å². The van der Waals surface area contributed by atoms with Crippen LogP contribution in [-0.2, 0) is 21.0 Å². The van der Waals surface area contributed by atoms with Crippen molar-refractivity contribution in [1.29, 1.82) is 0 Å². The molecule has 0 spiro atoms. The van der Waals surface area contributed by atoms with Crippen LogP contribution in [0, 0.1) is 24.7 Å². The molecule has 10 heteroatoms. The second-order valence-corrected chi connectivity index (χ2v) is 14.4. The van der Waals surface area contributed by atoms with E-state index in [1.165, 1.54) is 0 Å². The Labute approximate surface area is 190 Å². The molecule has 4 rings (SSSR count). The minimum absolute atomic E-state index is 0.217. The van der Waals surface area contributed by atoms with Gasteiger partial charge in [-0.15, -0.1) is 10.2 Å². The third kappa shape index (κ3) is 5.33. The quantitative estimate of drug-likeness (QED) is 0.347. The Morgan fingerprint density at radius 2 is 1.84 bits per heavy atom. The molecular formula is C22H35N5O4S. The lowest BCUT2D eigenvalue weighted by Crippen LogP contribution is -2.30. The van der Waals surface area contributed by atoms with Gasteiger partial charge in [0.05, 0.1) is 13.2 Å². The highest BCUT2D eigenvalue weighted by atomic mass is 32.3. The van der Waals surface area contributed by atoms with Gasteiger partial charge in [-0.25, -0.2) is 14.7 Å². The van der Waals surface area contributed by atoms with Crippen molar-refractivity contribution >= 4 is 16.0 Å². The molecule has 0 N–H and O–H groups in total. The first-order valence-electron chi connectivity index (χ1n) is 11.4. The van der Waals surface area contributed by atoms with Gasteiger partial charge in [0, 0.05) is 5.75 Å². The van der Waals surface area contributed by atoms with E-state index in [1.54, 1.807) is 0 Å². The summed E-state index contributed by atoms with van der Waals surface area (Å²) in [7, 11) is -0.669. The van der Waals surface area contributed by atoms with Crippen LogP contribution in [0.2, 0.25) is 0 Å². The molecule has 0 aliphatic heterocycles. The number of aromatic nitrogens is 5. The fraction of sp³-hybridized carbons (Fsp3) is 0.773. The SMILES string of the molecule is CCOC(=O)C(c1nnc(-c2nonc2C)n1COCCS(C)(C)C)C(C1CC1)C1CC1. The zero-order chi connectivity index (χ0) is 22.9. The van der Waals surface area contributed by atoms with E-state index in [-0.39, 0.29) is 18.6 Å². The first-order chi connectivity index (χ1) is 15.3. The first-order valence-corrected chi connectivity index (χ1v) is 14.5. The van der Waals surface area contributed by atoms with Gasteiger partial charge in [0.25, 0.3) is 0 Å². The molecule has 2 aromatic rings. The summed E-state index contributed by atoms with van der Waals surface area (Å²) in [5.74, 6) is 2.78. The number of rotatable bonds is 12. The molecule has 0 aromatic carbocycles. The molecule has 2 aliphatic rings. The summed E-state index contributed by atoms with van der Waals surface area (Å²) in [5, 5.41) is 16.9. The van der Waals surface area contributed by atoms with Crippen LogP contribution in [0.1, 0.15) is 50.0 Å². The largest absolute Gasteiger partial charge is 0.465 e. The van der Waals surface area contributed by atoms with Crippen molar-refractivity contribution in [2.24, 2.45) is 17.8 Å². The van der Waals surface area contributed by atoms with E-state index in [2.05, 4.69) is 39.3 Å². The molecule has 9 nitrogen and oxygen atoms in total. The summed E-state index contributed by atoms with van der Waals surface area (Å²) in [6, 6.07) is 0. The maximum atomic E-state index is 13.2. The minimum Gasteiger partial charge on any atom is -0.465 e. The molecule has 2 aromatic heterocycles. The van der Waals surface area contributed by atoms with E-state index in [0.29, 0.717) is 48.1 Å². The monoisotopic (exact) mass is 465 g/mol. The fourth-order valence-electron chi connectivity index (χ4n) is 4.30. The van der Waals surface area contributed by atoms with Crippen molar-refractivity contribution < 1.29 is 18.9 Å². The molecule has 2 saturated carbocycles. The molecule has 32 heavy (non-hydrogen) atoms. The Kier molecular flexibility index (Phi) is 6.90. The number of carbonyl (C=O) groups is 1. The van der Waals surface area contributed by atoms with Gasteiger partial charge in [-0.1, -0.05) is 5.16 Å². The molecule has 2 aliphatic carbocycles. The van der Waals surface area contributed by atoms with Crippen molar-refractivity contribution in [2.45, 2.75) is 52.2 Å². The molecule has 2 heterocycles. The molecule has 0 bridgehead atoms. The van der Waals surface area contributed by atoms with E-state index in [1.807, 2.05) is 18.4 Å². The molecule has 2 fully saturated rings. The summed E-state index contributed by atoms with van der Waals surface area (Å²) in [6.45, 7) is 4.88.